The monoisotopic (exact) mass is 364 g/mol. The van der Waals surface area contributed by atoms with Gasteiger partial charge in [0.2, 0.25) is 0 Å². The van der Waals surface area contributed by atoms with Crippen molar-refractivity contribution in [2.24, 2.45) is 0 Å². The van der Waals surface area contributed by atoms with Crippen molar-refractivity contribution in [3.05, 3.63) is 65.2 Å². The average molecular weight is 364 g/mol. The summed E-state index contributed by atoms with van der Waals surface area (Å²) in [6.45, 7) is 3.41. The number of benzene rings is 1. The number of hydrogen-bond acceptors (Lipinski definition) is 2. The molecule has 6 heteroatoms. The third kappa shape index (κ3) is 3.45. The highest BCUT2D eigenvalue weighted by Gasteiger charge is 2.27. The molecule has 0 bridgehead atoms. The van der Waals surface area contributed by atoms with Gasteiger partial charge in [0.25, 0.3) is 0 Å². The van der Waals surface area contributed by atoms with E-state index in [1.165, 1.54) is 12.1 Å². The number of fused-ring (bicyclic) bond motifs is 1. The van der Waals surface area contributed by atoms with E-state index in [9.17, 15) is 14.4 Å². The number of hydrogen-bond donors (Lipinski definition) is 0. The van der Waals surface area contributed by atoms with Crippen LogP contribution < -0.4 is 0 Å². The zero-order valence-corrected chi connectivity index (χ0v) is 15.1. The Labute approximate surface area is 157 Å². The van der Waals surface area contributed by atoms with Crippen molar-refractivity contribution in [2.45, 2.75) is 25.9 Å². The Hall–Kier alpha value is -3.07. The first-order chi connectivity index (χ1) is 13.2. The van der Waals surface area contributed by atoms with Crippen molar-refractivity contribution in [1.29, 1.82) is 5.26 Å². The van der Waals surface area contributed by atoms with Gasteiger partial charge >= 0.3 is 6.03 Å². The van der Waals surface area contributed by atoms with Gasteiger partial charge in [-0.3, -0.25) is 0 Å². The number of nitriles is 1. The molecule has 0 spiro atoms. The lowest BCUT2D eigenvalue weighted by molar-refractivity contribution is 0.137. The van der Waals surface area contributed by atoms with Gasteiger partial charge in [0.05, 0.1) is 18.2 Å². The Kier molecular flexibility index (Phi) is 4.68. The number of allylic oxidation sites excluding steroid dienone is 1. The molecule has 2 aromatic rings. The second-order valence-corrected chi connectivity index (χ2v) is 6.98. The predicted molar refractivity (Wildman–Crippen MR) is 100.0 cm³/mol. The van der Waals surface area contributed by atoms with Gasteiger partial charge in [-0.15, -0.1) is 0 Å². The molecule has 0 aliphatic carbocycles. The van der Waals surface area contributed by atoms with Crippen molar-refractivity contribution >= 4 is 11.6 Å². The maximum absolute atomic E-state index is 13.1. The molecule has 2 amide bonds. The third-order valence-electron chi connectivity index (χ3n) is 5.39. The van der Waals surface area contributed by atoms with Crippen molar-refractivity contribution < 1.29 is 9.18 Å². The van der Waals surface area contributed by atoms with Gasteiger partial charge in [0.15, 0.2) is 0 Å². The molecule has 5 nitrogen and oxygen atoms in total. The molecule has 1 saturated heterocycles. The number of likely N-dealkylation sites (tertiary alicyclic amines) is 1. The molecule has 0 radical (unpaired) electrons. The number of urea groups is 1. The van der Waals surface area contributed by atoms with Crippen LogP contribution in [0, 0.1) is 17.1 Å². The number of amides is 2. The minimum absolute atomic E-state index is 0.0711. The first kappa shape index (κ1) is 17.3. The van der Waals surface area contributed by atoms with E-state index in [4.69, 9.17) is 0 Å². The molecule has 138 valence electrons. The van der Waals surface area contributed by atoms with E-state index in [0.29, 0.717) is 38.0 Å². The van der Waals surface area contributed by atoms with Crippen LogP contribution in [-0.4, -0.2) is 40.0 Å². The standard InChI is InChI=1S/C21H21FN4O/c22-18-5-3-16(4-6-18)20(14-23)17-7-10-25(11-8-17)21(27)26-13-12-24-9-1-2-19(24)15-26/h1-6,9H,7-8,10-13,15H2. The lowest BCUT2D eigenvalue weighted by Crippen LogP contribution is -2.48. The molecular formula is C21H21FN4O. The van der Waals surface area contributed by atoms with Crippen LogP contribution in [0.4, 0.5) is 9.18 Å². The quantitative estimate of drug-likeness (QED) is 0.726. The largest absolute Gasteiger partial charge is 0.348 e. The van der Waals surface area contributed by atoms with Gasteiger partial charge in [-0.25, -0.2) is 9.18 Å². The minimum atomic E-state index is -0.311. The lowest BCUT2D eigenvalue weighted by atomic mass is 9.94. The van der Waals surface area contributed by atoms with Crippen LogP contribution in [-0.2, 0) is 13.1 Å². The van der Waals surface area contributed by atoms with E-state index >= 15 is 0 Å². The smallest absolute Gasteiger partial charge is 0.320 e. The van der Waals surface area contributed by atoms with E-state index in [1.54, 1.807) is 12.1 Å². The fourth-order valence-corrected chi connectivity index (χ4v) is 3.86. The molecule has 1 aromatic heterocycles. The number of carbonyl (C=O) groups is 1. The average Bonchev–Trinajstić information content (AvgIpc) is 3.18. The Morgan fingerprint density at radius 3 is 2.44 bits per heavy atom. The minimum Gasteiger partial charge on any atom is -0.348 e. The lowest BCUT2D eigenvalue weighted by Gasteiger charge is -2.36. The van der Waals surface area contributed by atoms with E-state index < -0.39 is 0 Å². The van der Waals surface area contributed by atoms with Gasteiger partial charge < -0.3 is 14.4 Å². The summed E-state index contributed by atoms with van der Waals surface area (Å²) in [4.78, 5) is 16.6. The van der Waals surface area contributed by atoms with E-state index in [1.807, 2.05) is 22.1 Å². The molecule has 2 aliphatic heterocycles. The second kappa shape index (κ2) is 7.28. The number of nitrogens with zero attached hydrogens (tertiary/aromatic N) is 4. The maximum Gasteiger partial charge on any atom is 0.320 e. The van der Waals surface area contributed by atoms with Crippen molar-refractivity contribution in [3.63, 3.8) is 0 Å². The van der Waals surface area contributed by atoms with Crippen molar-refractivity contribution in [2.75, 3.05) is 19.6 Å². The Balaban J connectivity index is 1.43. The molecule has 0 unspecified atom stereocenters. The zero-order chi connectivity index (χ0) is 18.8. The Bertz CT molecular complexity index is 912. The van der Waals surface area contributed by atoms with Crippen LogP contribution in [0.25, 0.3) is 5.57 Å². The highest BCUT2D eigenvalue weighted by molar-refractivity contribution is 5.80. The first-order valence-corrected chi connectivity index (χ1v) is 9.21. The van der Waals surface area contributed by atoms with Gasteiger partial charge in [0.1, 0.15) is 5.82 Å². The molecule has 4 rings (SSSR count). The Morgan fingerprint density at radius 2 is 1.74 bits per heavy atom. The van der Waals surface area contributed by atoms with Crippen molar-refractivity contribution in [1.82, 2.24) is 14.4 Å². The SMILES string of the molecule is N#CC(=C1CCN(C(=O)N2CCn3cccc3C2)CC1)c1ccc(F)cc1. The summed E-state index contributed by atoms with van der Waals surface area (Å²) in [5.41, 5.74) is 3.55. The van der Waals surface area contributed by atoms with Crippen molar-refractivity contribution in [3.8, 4) is 6.07 Å². The van der Waals surface area contributed by atoms with Crippen LogP contribution >= 0.6 is 0 Å². The van der Waals surface area contributed by atoms with Crippen LogP contribution in [0.3, 0.4) is 0 Å². The molecule has 0 atom stereocenters. The molecule has 1 aromatic carbocycles. The fraction of sp³-hybridized carbons (Fsp3) is 0.333. The third-order valence-corrected chi connectivity index (χ3v) is 5.39. The van der Waals surface area contributed by atoms with Crippen LogP contribution in [0.1, 0.15) is 24.1 Å². The van der Waals surface area contributed by atoms with E-state index in [-0.39, 0.29) is 11.8 Å². The normalized spacial score (nSPS) is 16.7. The van der Waals surface area contributed by atoms with Gasteiger partial charge in [0, 0.05) is 38.1 Å². The number of carbonyl (C=O) groups excluding carboxylic acids is 1. The summed E-state index contributed by atoms with van der Waals surface area (Å²) in [5.74, 6) is -0.311. The summed E-state index contributed by atoms with van der Waals surface area (Å²) in [6.07, 6.45) is 3.40. The second-order valence-electron chi connectivity index (χ2n) is 6.98. The van der Waals surface area contributed by atoms with Gasteiger partial charge in [-0.1, -0.05) is 12.1 Å². The Morgan fingerprint density at radius 1 is 1.00 bits per heavy atom. The van der Waals surface area contributed by atoms with Crippen LogP contribution in [0.2, 0.25) is 0 Å². The molecule has 3 heterocycles. The molecular weight excluding hydrogens is 343 g/mol. The molecule has 27 heavy (non-hydrogen) atoms. The highest BCUT2D eigenvalue weighted by atomic mass is 19.1. The summed E-state index contributed by atoms with van der Waals surface area (Å²) in [7, 11) is 0. The maximum atomic E-state index is 13.1. The summed E-state index contributed by atoms with van der Waals surface area (Å²) in [6, 6.07) is 12.4. The number of halogens is 1. The number of aromatic nitrogens is 1. The van der Waals surface area contributed by atoms with Gasteiger partial charge in [-0.2, -0.15) is 5.26 Å². The summed E-state index contributed by atoms with van der Waals surface area (Å²) < 4.78 is 15.3. The molecule has 0 N–H and O–H groups in total. The fourth-order valence-electron chi connectivity index (χ4n) is 3.86. The topological polar surface area (TPSA) is 52.3 Å². The van der Waals surface area contributed by atoms with E-state index in [2.05, 4.69) is 16.7 Å². The molecule has 1 fully saturated rings. The zero-order valence-electron chi connectivity index (χ0n) is 15.1. The predicted octanol–water partition coefficient (Wildman–Crippen LogP) is 3.64. The first-order valence-electron chi connectivity index (χ1n) is 9.21. The summed E-state index contributed by atoms with van der Waals surface area (Å²) >= 11 is 0. The molecule has 2 aliphatic rings. The van der Waals surface area contributed by atoms with Crippen LogP contribution in [0.5, 0.6) is 0 Å². The summed E-state index contributed by atoms with van der Waals surface area (Å²) in [5, 5.41) is 9.56. The highest BCUT2D eigenvalue weighted by Crippen LogP contribution is 2.27. The van der Waals surface area contributed by atoms with Crippen LogP contribution in [0.15, 0.2) is 48.2 Å². The number of piperidine rings is 1. The van der Waals surface area contributed by atoms with Gasteiger partial charge in [-0.05, 0) is 48.2 Å². The number of rotatable bonds is 1. The van der Waals surface area contributed by atoms with E-state index in [0.717, 1.165) is 29.9 Å². The molecule has 0 saturated carbocycles.